The molecule has 5 heteroatoms. The maximum Gasteiger partial charge on any atom is 0.179 e. The number of hydrogen-bond donors (Lipinski definition) is 0. The van der Waals surface area contributed by atoms with E-state index in [9.17, 15) is 13.6 Å². The molecule has 0 N–H and O–H groups in total. The summed E-state index contributed by atoms with van der Waals surface area (Å²) in [6, 6.07) is 2.85. The van der Waals surface area contributed by atoms with E-state index >= 15 is 0 Å². The van der Waals surface area contributed by atoms with Gasteiger partial charge in [0.15, 0.2) is 17.4 Å². The summed E-state index contributed by atoms with van der Waals surface area (Å²) >= 11 is 3.24. The zero-order chi connectivity index (χ0) is 13.3. The highest BCUT2D eigenvalue weighted by atomic mass is 32.2. The van der Waals surface area contributed by atoms with Crippen LogP contribution in [0.1, 0.15) is 22.8 Å². The van der Waals surface area contributed by atoms with Gasteiger partial charge in [0.25, 0.3) is 0 Å². The predicted octanol–water partition coefficient (Wildman–Crippen LogP) is 3.69. The van der Waals surface area contributed by atoms with Gasteiger partial charge >= 0.3 is 0 Å². The molecule has 98 valence electrons. The Hall–Kier alpha value is -0.550. The van der Waals surface area contributed by atoms with Crippen molar-refractivity contribution in [2.45, 2.75) is 24.3 Å². The van der Waals surface area contributed by atoms with Gasteiger partial charge in [0.1, 0.15) is 0 Å². The number of benzene rings is 1. The van der Waals surface area contributed by atoms with Crippen LogP contribution in [0.3, 0.4) is 0 Å². The van der Waals surface area contributed by atoms with E-state index in [4.69, 9.17) is 0 Å². The van der Waals surface area contributed by atoms with E-state index in [0.717, 1.165) is 11.5 Å². The van der Waals surface area contributed by atoms with Crippen molar-refractivity contribution in [1.29, 1.82) is 0 Å². The van der Waals surface area contributed by atoms with E-state index in [1.165, 1.54) is 30.8 Å². The standard InChI is InChI=1S/C13H14F2OS2/c1-7-3-4-9(11(15)10(7)14)12(16)13-8(2)17-5-6-18-13/h3-4,8,13H,5-6H2,1-2H3. The van der Waals surface area contributed by atoms with Crippen LogP contribution in [-0.2, 0) is 0 Å². The molecule has 1 aromatic rings. The molecule has 1 aromatic carbocycles. The largest absolute Gasteiger partial charge is 0.293 e. The van der Waals surface area contributed by atoms with Crippen LogP contribution in [0.4, 0.5) is 8.78 Å². The lowest BCUT2D eigenvalue weighted by atomic mass is 10.0. The SMILES string of the molecule is Cc1ccc(C(=O)C2SCCSC2C)c(F)c1F. The van der Waals surface area contributed by atoms with Crippen molar-refractivity contribution in [1.82, 2.24) is 0 Å². The van der Waals surface area contributed by atoms with Gasteiger partial charge in [0, 0.05) is 16.8 Å². The Balaban J connectivity index is 2.31. The van der Waals surface area contributed by atoms with Crippen molar-refractivity contribution in [3.05, 3.63) is 34.9 Å². The Morgan fingerprint density at radius 1 is 1.22 bits per heavy atom. The fraction of sp³-hybridized carbons (Fsp3) is 0.462. The van der Waals surface area contributed by atoms with Crippen LogP contribution in [0.2, 0.25) is 0 Å². The van der Waals surface area contributed by atoms with Gasteiger partial charge in [-0.2, -0.15) is 11.8 Å². The molecule has 1 heterocycles. The number of aryl methyl sites for hydroxylation is 1. The van der Waals surface area contributed by atoms with Crippen molar-refractivity contribution in [2.24, 2.45) is 0 Å². The minimum atomic E-state index is -1.01. The van der Waals surface area contributed by atoms with E-state index in [-0.39, 0.29) is 27.4 Å². The molecule has 0 aliphatic carbocycles. The zero-order valence-electron chi connectivity index (χ0n) is 10.2. The number of Topliss-reactive ketones (excluding diaryl/α,β-unsaturated/α-hetero) is 1. The third-order valence-electron chi connectivity index (χ3n) is 2.99. The van der Waals surface area contributed by atoms with E-state index in [1.807, 2.05) is 6.92 Å². The summed E-state index contributed by atoms with van der Waals surface area (Å²) in [7, 11) is 0. The Morgan fingerprint density at radius 2 is 1.89 bits per heavy atom. The van der Waals surface area contributed by atoms with E-state index < -0.39 is 11.6 Å². The van der Waals surface area contributed by atoms with Crippen LogP contribution >= 0.6 is 23.5 Å². The maximum atomic E-state index is 13.8. The normalized spacial score (nSPS) is 24.0. The maximum absolute atomic E-state index is 13.8. The molecule has 0 aromatic heterocycles. The van der Waals surface area contributed by atoms with Crippen molar-refractivity contribution in [2.75, 3.05) is 11.5 Å². The summed E-state index contributed by atoms with van der Waals surface area (Å²) in [5, 5.41) is -0.139. The first-order valence-electron chi connectivity index (χ1n) is 5.74. The summed E-state index contributed by atoms with van der Waals surface area (Å²) in [6.45, 7) is 3.45. The first-order chi connectivity index (χ1) is 8.52. The lowest BCUT2D eigenvalue weighted by molar-refractivity contribution is 0.0984. The molecule has 0 amide bonds. The molecule has 1 nitrogen and oxygen atoms in total. The molecular weight excluding hydrogens is 274 g/mol. The van der Waals surface area contributed by atoms with Crippen LogP contribution in [0.5, 0.6) is 0 Å². The molecule has 2 rings (SSSR count). The molecule has 1 aliphatic rings. The van der Waals surface area contributed by atoms with E-state index in [2.05, 4.69) is 0 Å². The minimum Gasteiger partial charge on any atom is -0.293 e. The van der Waals surface area contributed by atoms with Gasteiger partial charge in [-0.15, -0.1) is 11.8 Å². The van der Waals surface area contributed by atoms with Gasteiger partial charge in [0.2, 0.25) is 0 Å². The first-order valence-corrected chi connectivity index (χ1v) is 7.84. The van der Waals surface area contributed by atoms with Crippen molar-refractivity contribution < 1.29 is 13.6 Å². The monoisotopic (exact) mass is 288 g/mol. The van der Waals surface area contributed by atoms with Gasteiger partial charge in [-0.1, -0.05) is 13.0 Å². The Kier molecular flexibility index (Phi) is 4.33. The third kappa shape index (κ3) is 2.57. The lowest BCUT2D eigenvalue weighted by Crippen LogP contribution is -2.31. The number of carbonyl (C=O) groups excluding carboxylic acids is 1. The Morgan fingerprint density at radius 3 is 2.56 bits per heavy atom. The molecular formula is C13H14F2OS2. The number of thioether (sulfide) groups is 2. The smallest absolute Gasteiger partial charge is 0.179 e. The predicted molar refractivity (Wildman–Crippen MR) is 73.6 cm³/mol. The summed E-state index contributed by atoms with van der Waals surface area (Å²) in [5.74, 6) is -0.344. The quantitative estimate of drug-likeness (QED) is 0.773. The highest BCUT2D eigenvalue weighted by Crippen LogP contribution is 2.33. The van der Waals surface area contributed by atoms with E-state index in [0.29, 0.717) is 0 Å². The second-order valence-corrected chi connectivity index (χ2v) is 7.02. The molecule has 0 radical (unpaired) electrons. The molecule has 0 saturated carbocycles. The summed E-state index contributed by atoms with van der Waals surface area (Å²) in [6.07, 6.45) is 0. The van der Waals surface area contributed by atoms with Crippen LogP contribution in [0.25, 0.3) is 0 Å². The van der Waals surface area contributed by atoms with Gasteiger partial charge in [-0.3, -0.25) is 4.79 Å². The molecule has 0 spiro atoms. The third-order valence-corrected chi connectivity index (χ3v) is 6.08. The summed E-state index contributed by atoms with van der Waals surface area (Å²) < 4.78 is 27.3. The highest BCUT2D eigenvalue weighted by molar-refractivity contribution is 8.07. The van der Waals surface area contributed by atoms with Gasteiger partial charge in [-0.25, -0.2) is 8.78 Å². The first kappa shape index (κ1) is 13.9. The van der Waals surface area contributed by atoms with Crippen LogP contribution in [-0.4, -0.2) is 27.8 Å². The fourth-order valence-corrected chi connectivity index (χ4v) is 4.63. The number of hydrogen-bond acceptors (Lipinski definition) is 3. The summed E-state index contributed by atoms with van der Waals surface area (Å²) in [4.78, 5) is 12.3. The molecule has 2 atom stereocenters. The zero-order valence-corrected chi connectivity index (χ0v) is 11.8. The number of halogens is 2. The Labute approximate surface area is 114 Å². The summed E-state index contributed by atoms with van der Waals surface area (Å²) in [5.41, 5.74) is 0.104. The minimum absolute atomic E-state index is 0.120. The van der Waals surface area contributed by atoms with Crippen molar-refractivity contribution >= 4 is 29.3 Å². The highest BCUT2D eigenvalue weighted by Gasteiger charge is 2.32. The second kappa shape index (κ2) is 5.61. The number of carbonyl (C=O) groups is 1. The van der Waals surface area contributed by atoms with Crippen molar-refractivity contribution in [3.8, 4) is 0 Å². The number of rotatable bonds is 2. The molecule has 1 saturated heterocycles. The molecule has 2 unspecified atom stereocenters. The molecule has 18 heavy (non-hydrogen) atoms. The fourth-order valence-electron chi connectivity index (χ4n) is 1.91. The topological polar surface area (TPSA) is 17.1 Å². The number of ketones is 1. The average molecular weight is 288 g/mol. The average Bonchev–Trinajstić information content (AvgIpc) is 2.36. The second-order valence-electron chi connectivity index (χ2n) is 4.29. The van der Waals surface area contributed by atoms with Crippen LogP contribution < -0.4 is 0 Å². The van der Waals surface area contributed by atoms with E-state index in [1.54, 1.807) is 11.8 Å². The molecule has 1 fully saturated rings. The van der Waals surface area contributed by atoms with Gasteiger partial charge in [0.05, 0.1) is 10.8 Å². The molecule has 1 aliphatic heterocycles. The van der Waals surface area contributed by atoms with Crippen molar-refractivity contribution in [3.63, 3.8) is 0 Å². The van der Waals surface area contributed by atoms with Crippen LogP contribution in [0, 0.1) is 18.6 Å². The van der Waals surface area contributed by atoms with Gasteiger partial charge in [-0.05, 0) is 18.6 Å². The molecule has 0 bridgehead atoms. The Bertz CT molecular complexity index is 476. The van der Waals surface area contributed by atoms with Crippen LogP contribution in [0.15, 0.2) is 12.1 Å². The van der Waals surface area contributed by atoms with Gasteiger partial charge < -0.3 is 0 Å². The lowest BCUT2D eigenvalue weighted by Gasteiger charge is -2.26.